The van der Waals surface area contributed by atoms with E-state index >= 15 is 0 Å². The number of carbonyl (C=O) groups is 2. The second-order valence-corrected chi connectivity index (χ2v) is 8.95. The van der Waals surface area contributed by atoms with Crippen LogP contribution in [0.5, 0.6) is 0 Å². The number of carbonyl (C=O) groups excluding carboxylic acids is 1. The summed E-state index contributed by atoms with van der Waals surface area (Å²) in [7, 11) is 0. The molecule has 12 heteroatoms. The lowest BCUT2D eigenvalue weighted by Crippen LogP contribution is -2.60. The van der Waals surface area contributed by atoms with E-state index in [2.05, 4.69) is 15.0 Å². The van der Waals surface area contributed by atoms with Crippen molar-refractivity contribution in [2.75, 3.05) is 18.8 Å². The molecule has 2 fully saturated rings. The summed E-state index contributed by atoms with van der Waals surface area (Å²) in [6.07, 6.45) is 1.10. The van der Waals surface area contributed by atoms with E-state index in [0.29, 0.717) is 12.3 Å². The van der Waals surface area contributed by atoms with Gasteiger partial charge in [0.1, 0.15) is 5.69 Å². The number of ether oxygens (including phenoxy) is 1. The highest BCUT2D eigenvalue weighted by molar-refractivity contribution is 8.01. The van der Waals surface area contributed by atoms with Crippen molar-refractivity contribution in [3.05, 3.63) is 53.9 Å². The maximum absolute atomic E-state index is 12.4. The van der Waals surface area contributed by atoms with Crippen molar-refractivity contribution in [3.63, 3.8) is 0 Å². The monoisotopic (exact) mass is 470 g/mol. The van der Waals surface area contributed by atoms with Crippen LogP contribution in [0.2, 0.25) is 0 Å². The summed E-state index contributed by atoms with van der Waals surface area (Å²) in [4.78, 5) is 35.8. The molecular weight excluding hydrogens is 449 g/mol. The van der Waals surface area contributed by atoms with Gasteiger partial charge in [0.05, 0.1) is 35.0 Å². The second kappa shape index (κ2) is 9.82. The van der Waals surface area contributed by atoms with Gasteiger partial charge in [-0.05, 0) is 25.5 Å². The minimum absolute atomic E-state index is 0.0309. The number of amides is 1. The third-order valence-corrected chi connectivity index (χ3v) is 6.43. The zero-order chi connectivity index (χ0) is 23.4. The smallest absolute Gasteiger partial charge is 0.475 e. The van der Waals surface area contributed by atoms with Crippen LogP contribution >= 0.6 is 11.8 Å². The van der Waals surface area contributed by atoms with Crippen LogP contribution in [0.1, 0.15) is 28.3 Å². The summed E-state index contributed by atoms with van der Waals surface area (Å²) in [5.41, 5.74) is 2.19. The lowest BCUT2D eigenvalue weighted by atomic mass is 9.92. The summed E-state index contributed by atoms with van der Waals surface area (Å²) in [6.45, 7) is 3.93. The van der Waals surface area contributed by atoms with Crippen LogP contribution in [0.4, 0.5) is 13.2 Å². The molecule has 0 bridgehead atoms. The molecule has 1 amide bonds. The molecule has 1 spiro atoms. The Morgan fingerprint density at radius 1 is 1.25 bits per heavy atom. The first-order valence-electron chi connectivity index (χ1n) is 9.61. The molecule has 2 saturated heterocycles. The van der Waals surface area contributed by atoms with Gasteiger partial charge in [0.2, 0.25) is 0 Å². The molecule has 2 aliphatic heterocycles. The van der Waals surface area contributed by atoms with Gasteiger partial charge in [0.15, 0.2) is 0 Å². The fraction of sp³-hybridized carbons (Fsp3) is 0.450. The van der Waals surface area contributed by atoms with Gasteiger partial charge < -0.3 is 14.7 Å². The van der Waals surface area contributed by atoms with Crippen LogP contribution in [-0.4, -0.2) is 72.7 Å². The molecule has 4 heterocycles. The largest absolute Gasteiger partial charge is 0.490 e. The number of aliphatic carboxylic acids is 1. The van der Waals surface area contributed by atoms with E-state index in [1.54, 1.807) is 18.6 Å². The van der Waals surface area contributed by atoms with Crippen molar-refractivity contribution in [3.8, 4) is 0 Å². The molecule has 1 unspecified atom stereocenters. The number of alkyl halides is 3. The minimum atomic E-state index is -5.08. The standard InChI is InChI=1S/C18H20N4O2S.C2HF3O2/c1-13-7-21-16(8-20-13)17(23)22-11-18(12-22)6-15(10-25-18)24-9-14-4-2-3-5-19-14;3-2(4,5)1(6)7/h2-5,7-8,15H,6,9-12H2,1H3;(H,6,7). The van der Waals surface area contributed by atoms with Crippen LogP contribution < -0.4 is 0 Å². The Labute approximate surface area is 186 Å². The summed E-state index contributed by atoms with van der Waals surface area (Å²) >= 11 is 1.92. The van der Waals surface area contributed by atoms with E-state index < -0.39 is 12.1 Å². The third kappa shape index (κ3) is 6.16. The van der Waals surface area contributed by atoms with Crippen LogP contribution in [0, 0.1) is 6.92 Å². The highest BCUT2D eigenvalue weighted by Crippen LogP contribution is 2.46. The fourth-order valence-electron chi connectivity index (χ4n) is 3.27. The van der Waals surface area contributed by atoms with Crippen LogP contribution in [0.25, 0.3) is 0 Å². The highest BCUT2D eigenvalue weighted by atomic mass is 32.2. The number of likely N-dealkylation sites (tertiary alicyclic amines) is 1. The Morgan fingerprint density at radius 2 is 1.97 bits per heavy atom. The molecule has 0 aliphatic carbocycles. The molecule has 2 aliphatic rings. The number of halogens is 3. The van der Waals surface area contributed by atoms with Gasteiger partial charge in [0.25, 0.3) is 5.91 Å². The number of carboxylic acid groups (broad SMARTS) is 1. The lowest BCUT2D eigenvalue weighted by Gasteiger charge is -2.47. The van der Waals surface area contributed by atoms with E-state index in [1.165, 1.54) is 0 Å². The van der Waals surface area contributed by atoms with Crippen molar-refractivity contribution >= 4 is 23.6 Å². The predicted octanol–water partition coefficient (Wildman–Crippen LogP) is 2.73. The van der Waals surface area contributed by atoms with E-state index in [9.17, 15) is 18.0 Å². The average molecular weight is 470 g/mol. The Balaban J connectivity index is 0.000000360. The maximum Gasteiger partial charge on any atom is 0.490 e. The first-order chi connectivity index (χ1) is 15.1. The predicted molar refractivity (Wildman–Crippen MR) is 109 cm³/mol. The van der Waals surface area contributed by atoms with Crippen molar-refractivity contribution in [1.29, 1.82) is 0 Å². The number of rotatable bonds is 4. The molecule has 1 atom stereocenters. The van der Waals surface area contributed by atoms with Gasteiger partial charge >= 0.3 is 12.1 Å². The number of aryl methyl sites for hydroxylation is 1. The first-order valence-corrected chi connectivity index (χ1v) is 10.6. The highest BCUT2D eigenvalue weighted by Gasteiger charge is 2.51. The number of nitrogens with zero attached hydrogens (tertiary/aromatic N) is 4. The number of hydrogen-bond donors (Lipinski definition) is 1. The summed E-state index contributed by atoms with van der Waals surface area (Å²) in [5, 5.41) is 7.12. The van der Waals surface area contributed by atoms with Gasteiger partial charge in [-0.2, -0.15) is 13.2 Å². The molecule has 0 saturated carbocycles. The lowest BCUT2D eigenvalue weighted by molar-refractivity contribution is -0.192. The van der Waals surface area contributed by atoms with Crippen molar-refractivity contribution < 1.29 is 32.6 Å². The summed E-state index contributed by atoms with van der Waals surface area (Å²) in [5.74, 6) is -1.82. The zero-order valence-corrected chi connectivity index (χ0v) is 17.9. The molecule has 0 aromatic carbocycles. The van der Waals surface area contributed by atoms with Gasteiger partial charge in [-0.25, -0.2) is 9.78 Å². The van der Waals surface area contributed by atoms with E-state index in [4.69, 9.17) is 14.6 Å². The van der Waals surface area contributed by atoms with Gasteiger partial charge in [0, 0.05) is 31.2 Å². The number of thioether (sulfide) groups is 1. The van der Waals surface area contributed by atoms with E-state index in [1.807, 2.05) is 41.8 Å². The SMILES string of the molecule is Cc1cnc(C(=O)N2CC3(CC(OCc4ccccn4)CS3)C2)cn1.O=C(O)C(F)(F)F. The summed E-state index contributed by atoms with van der Waals surface area (Å²) < 4.78 is 37.9. The molecule has 8 nitrogen and oxygen atoms in total. The molecule has 0 radical (unpaired) electrons. The number of aromatic nitrogens is 3. The third-order valence-electron chi connectivity index (χ3n) is 4.86. The molecule has 4 rings (SSSR count). The van der Waals surface area contributed by atoms with Crippen molar-refractivity contribution in [1.82, 2.24) is 19.9 Å². The first kappa shape index (κ1) is 23.9. The van der Waals surface area contributed by atoms with Crippen molar-refractivity contribution in [2.24, 2.45) is 0 Å². The Morgan fingerprint density at radius 3 is 2.53 bits per heavy atom. The molecular formula is C20H21F3N4O4S. The quantitative estimate of drug-likeness (QED) is 0.727. The Hall–Kier alpha value is -2.73. The molecule has 2 aromatic rings. The number of hydrogen-bond acceptors (Lipinski definition) is 7. The van der Waals surface area contributed by atoms with Gasteiger partial charge in [-0.15, -0.1) is 11.8 Å². The van der Waals surface area contributed by atoms with Crippen LogP contribution in [0.3, 0.4) is 0 Å². The average Bonchev–Trinajstić information content (AvgIpc) is 3.17. The second-order valence-electron chi connectivity index (χ2n) is 7.46. The van der Waals surface area contributed by atoms with Crippen molar-refractivity contribution in [2.45, 2.75) is 37.0 Å². The zero-order valence-electron chi connectivity index (χ0n) is 17.1. The molecule has 32 heavy (non-hydrogen) atoms. The van der Waals surface area contributed by atoms with Crippen LogP contribution in [-0.2, 0) is 16.1 Å². The summed E-state index contributed by atoms with van der Waals surface area (Å²) in [6, 6.07) is 5.85. The Kier molecular flexibility index (Phi) is 7.34. The Bertz CT molecular complexity index is 938. The molecule has 1 N–H and O–H groups in total. The minimum Gasteiger partial charge on any atom is -0.475 e. The number of carboxylic acids is 1. The molecule has 172 valence electrons. The normalized spacial score (nSPS) is 19.1. The maximum atomic E-state index is 12.4. The molecule has 2 aromatic heterocycles. The van der Waals surface area contributed by atoms with Gasteiger partial charge in [-0.1, -0.05) is 6.07 Å². The fourth-order valence-corrected chi connectivity index (χ4v) is 4.83. The van der Waals surface area contributed by atoms with Gasteiger partial charge in [-0.3, -0.25) is 14.8 Å². The van der Waals surface area contributed by atoms with E-state index in [0.717, 1.165) is 36.7 Å². The van der Waals surface area contributed by atoms with Crippen LogP contribution in [0.15, 0.2) is 36.8 Å². The number of pyridine rings is 1. The topological polar surface area (TPSA) is 106 Å². The van der Waals surface area contributed by atoms with E-state index in [-0.39, 0.29) is 16.8 Å².